The monoisotopic (exact) mass is 234 g/mol. The maximum Gasteiger partial charge on any atom is 0.313 e. The van der Waals surface area contributed by atoms with E-state index in [-0.39, 0.29) is 16.7 Å². The van der Waals surface area contributed by atoms with E-state index < -0.39 is 11.4 Å². The average molecular weight is 234 g/mol. The number of nitrogens with zero attached hydrogens (tertiary/aromatic N) is 1. The highest BCUT2D eigenvalue weighted by atomic mass is 16.4. The largest absolute Gasteiger partial charge is 0.481 e. The second-order valence-corrected chi connectivity index (χ2v) is 4.52. The van der Waals surface area contributed by atoms with Crippen molar-refractivity contribution in [1.82, 2.24) is 4.57 Å². The molecule has 1 rings (SSSR count). The Morgan fingerprint density at radius 2 is 2.06 bits per heavy atom. The lowest BCUT2D eigenvalue weighted by Crippen LogP contribution is -2.37. The van der Waals surface area contributed by atoms with Gasteiger partial charge in [0.05, 0.1) is 11.1 Å². The van der Waals surface area contributed by atoms with Gasteiger partial charge in [0, 0.05) is 24.5 Å². The molecule has 0 aliphatic rings. The lowest BCUT2D eigenvalue weighted by Gasteiger charge is -2.23. The lowest BCUT2D eigenvalue weighted by atomic mass is 9.83. The van der Waals surface area contributed by atoms with Gasteiger partial charge < -0.3 is 14.9 Å². The molecule has 1 aromatic rings. The topological polar surface area (TPSA) is 71.3 Å². The van der Waals surface area contributed by atoms with Crippen molar-refractivity contribution in [1.29, 1.82) is 0 Å². The van der Waals surface area contributed by atoms with E-state index in [4.69, 9.17) is 7.98 Å². The van der Waals surface area contributed by atoms with Crippen LogP contribution in [-0.4, -0.2) is 23.6 Å². The van der Waals surface area contributed by atoms with E-state index in [9.17, 15) is 14.7 Å². The number of carboxylic acids is 1. The third kappa shape index (κ3) is 2.07. The van der Waals surface area contributed by atoms with Crippen molar-refractivity contribution in [3.05, 3.63) is 27.7 Å². The number of aliphatic carboxylic acids is 1. The molecule has 5 nitrogen and oxygen atoms in total. The third-order valence-corrected chi connectivity index (χ3v) is 3.00. The van der Waals surface area contributed by atoms with E-state index in [0.717, 1.165) is 0 Å². The molecule has 0 aliphatic heterocycles. The first-order chi connectivity index (χ1) is 7.73. The van der Waals surface area contributed by atoms with Crippen LogP contribution in [0.1, 0.15) is 25.1 Å². The van der Waals surface area contributed by atoms with Crippen molar-refractivity contribution >= 4 is 19.6 Å². The molecule has 2 N–H and O–H groups in total. The van der Waals surface area contributed by atoms with Crippen LogP contribution >= 0.6 is 0 Å². The molecule has 0 saturated heterocycles. The summed E-state index contributed by atoms with van der Waals surface area (Å²) < 4.78 is 1.68. The Morgan fingerprint density at radius 3 is 2.47 bits per heavy atom. The van der Waals surface area contributed by atoms with E-state index in [1.807, 2.05) is 0 Å². The predicted octanol–water partition coefficient (Wildman–Crippen LogP) is 0.551. The molecule has 0 aromatic carbocycles. The van der Waals surface area contributed by atoms with E-state index in [1.165, 1.54) is 13.8 Å². The highest BCUT2D eigenvalue weighted by Crippen LogP contribution is 2.24. The minimum Gasteiger partial charge on any atom is -0.481 e. The summed E-state index contributed by atoms with van der Waals surface area (Å²) in [5, 5.41) is 11.5. The molecular formula is C11H15BN2O3. The van der Waals surface area contributed by atoms with Crippen molar-refractivity contribution < 1.29 is 9.90 Å². The molecule has 0 bridgehead atoms. The van der Waals surface area contributed by atoms with Gasteiger partial charge in [-0.1, -0.05) is 0 Å². The van der Waals surface area contributed by atoms with E-state index in [0.29, 0.717) is 5.69 Å². The van der Waals surface area contributed by atoms with E-state index >= 15 is 0 Å². The molecule has 1 aromatic heterocycles. The summed E-state index contributed by atoms with van der Waals surface area (Å²) in [5.41, 5.74) is -0.603. The smallest absolute Gasteiger partial charge is 0.313 e. The Bertz CT molecular complexity index is 520. The van der Waals surface area contributed by atoms with Crippen LogP contribution in [0.2, 0.25) is 0 Å². The number of anilines is 1. The molecule has 0 aliphatic carbocycles. The van der Waals surface area contributed by atoms with E-state index in [1.54, 1.807) is 24.7 Å². The van der Waals surface area contributed by atoms with Crippen LogP contribution in [0.4, 0.5) is 5.69 Å². The molecule has 0 fully saturated rings. The van der Waals surface area contributed by atoms with Gasteiger partial charge in [-0.3, -0.25) is 9.59 Å². The van der Waals surface area contributed by atoms with Gasteiger partial charge in [0.25, 0.3) is 0 Å². The van der Waals surface area contributed by atoms with Crippen molar-refractivity contribution in [2.45, 2.75) is 26.2 Å². The second kappa shape index (κ2) is 4.27. The zero-order valence-corrected chi connectivity index (χ0v) is 10.4. The number of nitrogens with one attached hydrogen (secondary N) is 1. The SMILES string of the molecule is [B]Nc1cn(C)c(C)c(C(C)(C)C(=O)O)c1=O. The number of carbonyl (C=O) groups is 1. The number of hydrogen-bond donors (Lipinski definition) is 2. The molecule has 0 unspecified atom stereocenters. The first kappa shape index (κ1) is 13.4. The fourth-order valence-corrected chi connectivity index (χ4v) is 1.77. The maximum absolute atomic E-state index is 12.1. The number of aromatic nitrogens is 1. The molecule has 2 radical (unpaired) electrons. The molecule has 0 spiro atoms. The first-order valence-electron chi connectivity index (χ1n) is 5.14. The summed E-state index contributed by atoms with van der Waals surface area (Å²) in [4.78, 5) is 23.3. The number of hydrogen-bond acceptors (Lipinski definition) is 3. The van der Waals surface area contributed by atoms with Crippen LogP contribution in [0.25, 0.3) is 0 Å². The zero-order valence-electron chi connectivity index (χ0n) is 10.4. The van der Waals surface area contributed by atoms with Gasteiger partial charge in [0.15, 0.2) is 0 Å². The van der Waals surface area contributed by atoms with Crippen LogP contribution in [0, 0.1) is 6.92 Å². The fraction of sp³-hybridized carbons (Fsp3) is 0.455. The molecule has 90 valence electrons. The van der Waals surface area contributed by atoms with Gasteiger partial charge in [-0.2, -0.15) is 0 Å². The highest BCUT2D eigenvalue weighted by Gasteiger charge is 2.34. The second-order valence-electron chi connectivity index (χ2n) is 4.52. The standard InChI is InChI=1S/C11H15BN2O3/c1-6-8(11(2,3)10(16)17)9(15)7(13-12)5-14(6)4/h5,13H,1-4H3,(H,16,17). The summed E-state index contributed by atoms with van der Waals surface area (Å²) in [5.74, 6) is -1.05. The quantitative estimate of drug-likeness (QED) is 0.749. The molecular weight excluding hydrogens is 219 g/mol. The van der Waals surface area contributed by atoms with Gasteiger partial charge >= 0.3 is 5.97 Å². The predicted molar refractivity (Wildman–Crippen MR) is 66.5 cm³/mol. The number of carboxylic acid groups (broad SMARTS) is 1. The van der Waals surface area contributed by atoms with Gasteiger partial charge in [-0.05, 0) is 20.8 Å². The summed E-state index contributed by atoms with van der Waals surface area (Å²) >= 11 is 0. The van der Waals surface area contributed by atoms with Crippen molar-refractivity contribution in [3.8, 4) is 0 Å². The molecule has 1 heterocycles. The number of aryl methyl sites for hydroxylation is 1. The van der Waals surface area contributed by atoms with Crippen molar-refractivity contribution in [3.63, 3.8) is 0 Å². The summed E-state index contributed by atoms with van der Waals surface area (Å²) in [6, 6.07) is 0. The molecule has 0 amide bonds. The van der Waals surface area contributed by atoms with Crippen LogP contribution in [0.15, 0.2) is 11.0 Å². The Labute approximate surface area is 101 Å². The Balaban J connectivity index is 3.69. The first-order valence-corrected chi connectivity index (χ1v) is 5.14. The van der Waals surface area contributed by atoms with Crippen LogP contribution in [0.5, 0.6) is 0 Å². The number of pyridine rings is 1. The van der Waals surface area contributed by atoms with Crippen molar-refractivity contribution in [2.24, 2.45) is 7.05 Å². The van der Waals surface area contributed by atoms with Gasteiger partial charge in [0.1, 0.15) is 0 Å². The van der Waals surface area contributed by atoms with Crippen LogP contribution in [0.3, 0.4) is 0 Å². The minimum atomic E-state index is -1.26. The molecule has 6 heteroatoms. The number of rotatable bonds is 3. The minimum absolute atomic E-state index is 0.183. The summed E-state index contributed by atoms with van der Waals surface area (Å²) in [6.07, 6.45) is 1.54. The fourth-order valence-electron chi connectivity index (χ4n) is 1.77. The Hall–Kier alpha value is -1.72. The summed E-state index contributed by atoms with van der Waals surface area (Å²) in [7, 11) is 6.98. The van der Waals surface area contributed by atoms with Gasteiger partial charge in [-0.25, -0.2) is 0 Å². The van der Waals surface area contributed by atoms with Gasteiger partial charge in [-0.15, -0.1) is 0 Å². The molecule has 17 heavy (non-hydrogen) atoms. The maximum atomic E-state index is 12.1. The Morgan fingerprint density at radius 1 is 1.53 bits per heavy atom. The van der Waals surface area contributed by atoms with Gasteiger partial charge in [0.2, 0.25) is 13.4 Å². The zero-order chi connectivity index (χ0) is 13.4. The van der Waals surface area contributed by atoms with Crippen molar-refractivity contribution in [2.75, 3.05) is 5.23 Å². The lowest BCUT2D eigenvalue weighted by molar-refractivity contribution is -0.142. The van der Waals surface area contributed by atoms with Crippen LogP contribution in [-0.2, 0) is 17.3 Å². The third-order valence-electron chi connectivity index (χ3n) is 3.00. The normalized spacial score (nSPS) is 11.3. The van der Waals surface area contributed by atoms with E-state index in [2.05, 4.69) is 5.23 Å². The highest BCUT2D eigenvalue weighted by molar-refractivity contribution is 6.15. The van der Waals surface area contributed by atoms with Crippen LogP contribution < -0.4 is 10.7 Å². The molecule has 0 saturated carbocycles. The average Bonchev–Trinajstić information content (AvgIpc) is 2.23. The summed E-state index contributed by atoms with van der Waals surface area (Å²) in [6.45, 7) is 4.71. The Kier molecular flexibility index (Phi) is 3.36. The molecule has 0 atom stereocenters.